The molecule has 1 amide bonds. The number of allylic oxidation sites excluding steroid dienone is 1. The molecule has 1 rings (SSSR count). The predicted octanol–water partition coefficient (Wildman–Crippen LogP) is 5.57. The van der Waals surface area contributed by atoms with Gasteiger partial charge in [-0.1, -0.05) is 6.58 Å². The minimum atomic E-state index is -10.7. The van der Waals surface area contributed by atoms with Gasteiger partial charge in [-0.2, -0.15) is 0 Å². The van der Waals surface area contributed by atoms with Crippen LogP contribution in [0.2, 0.25) is 0 Å². The molecule has 3 nitrogen and oxygen atoms in total. The fourth-order valence-electron chi connectivity index (χ4n) is 1.48. The van der Waals surface area contributed by atoms with Crippen molar-refractivity contribution in [3.8, 4) is 0 Å². The number of hydrogen-bond donors (Lipinski definition) is 1. The molecule has 0 aliphatic rings. The second kappa shape index (κ2) is 8.00. The summed E-state index contributed by atoms with van der Waals surface area (Å²) in [5, 5.41) is 2.73. The minimum absolute atomic E-state index is 0.0170. The van der Waals surface area contributed by atoms with Crippen LogP contribution in [0.25, 0.3) is 0 Å². The Kier molecular flexibility index (Phi) is 7.53. The first-order valence-corrected chi connectivity index (χ1v) is 11.1. The summed E-state index contributed by atoms with van der Waals surface area (Å²) in [5.74, 6) is -0.162. The summed E-state index contributed by atoms with van der Waals surface area (Å²) in [6, 6.07) is 7.57. The predicted molar refractivity (Wildman–Crippen MR) is 94.3 cm³/mol. The van der Waals surface area contributed by atoms with E-state index in [1.165, 1.54) is 4.90 Å². The van der Waals surface area contributed by atoms with E-state index in [4.69, 9.17) is 0 Å². The van der Waals surface area contributed by atoms with Crippen molar-refractivity contribution >= 4 is 30.4 Å². The number of ketones is 1. The summed E-state index contributed by atoms with van der Waals surface area (Å²) in [6.45, 7) is 5.60. The van der Waals surface area contributed by atoms with Crippen molar-refractivity contribution in [2.24, 2.45) is 0 Å². The van der Waals surface area contributed by atoms with E-state index in [9.17, 15) is 34.8 Å². The van der Waals surface area contributed by atoms with Gasteiger partial charge in [0.05, 0.1) is 0 Å². The summed E-state index contributed by atoms with van der Waals surface area (Å²) in [4.78, 5) is 24.4. The fourth-order valence-corrected chi connectivity index (χ4v) is 2.16. The number of halogens is 6. The quantitative estimate of drug-likeness (QED) is 0.281. The van der Waals surface area contributed by atoms with Gasteiger partial charge in [-0.3, -0.25) is 9.59 Å². The van der Waals surface area contributed by atoms with Crippen molar-refractivity contribution in [2.45, 2.75) is 18.2 Å². The zero-order chi connectivity index (χ0) is 20.8. The van der Waals surface area contributed by atoms with Gasteiger partial charge >= 0.3 is 33.0 Å². The Morgan fingerprint density at radius 1 is 1.04 bits per heavy atom. The summed E-state index contributed by atoms with van der Waals surface area (Å²) >= 11 is 0. The monoisotopic (exact) mass is 423 g/mol. The number of amides is 1. The van der Waals surface area contributed by atoms with Gasteiger partial charge in [0.15, 0.2) is 10.7 Å². The Hall–Kier alpha value is -1.54. The van der Waals surface area contributed by atoms with Gasteiger partial charge < -0.3 is 5.32 Å². The number of benzene rings is 1. The van der Waals surface area contributed by atoms with Gasteiger partial charge in [0.1, 0.15) is 12.5 Å². The fraction of sp³-hybridized carbons (Fsp3) is 0.333. The molecule has 0 fully saturated rings. The Balaban J connectivity index is 0.000000758. The van der Waals surface area contributed by atoms with E-state index in [0.29, 0.717) is 24.1 Å². The van der Waals surface area contributed by atoms with Crippen LogP contribution in [-0.4, -0.2) is 30.7 Å². The van der Waals surface area contributed by atoms with Crippen LogP contribution in [0.4, 0.5) is 25.2 Å². The Morgan fingerprint density at radius 2 is 1.46 bits per heavy atom. The zero-order valence-corrected chi connectivity index (χ0v) is 16.1. The van der Waals surface area contributed by atoms with Crippen LogP contribution in [-0.2, 0) is 15.7 Å². The number of rotatable bonds is 6. The van der Waals surface area contributed by atoms with E-state index >= 15 is 0 Å². The molecule has 26 heavy (non-hydrogen) atoms. The number of nitrogens with one attached hydrogen (secondary N) is 1. The molecule has 0 atom stereocenters. The molecule has 0 aliphatic carbocycles. The van der Waals surface area contributed by atoms with Crippen LogP contribution < -0.4 is 5.32 Å². The summed E-state index contributed by atoms with van der Waals surface area (Å²) in [5.41, 5.74) is 1.15. The molecular weight excluding hydrogens is 403 g/mol. The average Bonchev–Trinajstić information content (AvgIpc) is 2.43. The van der Waals surface area contributed by atoms with Crippen LogP contribution in [0.5, 0.6) is 0 Å². The Labute approximate surface area is 150 Å². The SMILES string of the molecule is C=C(C)C(=O)CCNC(=O)c1ccc([S+](C)C)cc1.F[P-](F)(F)(F)(F)F. The van der Waals surface area contributed by atoms with Crippen molar-refractivity contribution in [3.05, 3.63) is 42.0 Å². The molecule has 0 bridgehead atoms. The molecule has 0 saturated carbocycles. The van der Waals surface area contributed by atoms with Gasteiger partial charge in [0, 0.05) is 29.4 Å². The Bertz CT molecular complexity index is 660. The van der Waals surface area contributed by atoms with Crippen LogP contribution in [0, 0.1) is 0 Å². The summed E-state index contributed by atoms with van der Waals surface area (Å²) in [6.07, 6.45) is 4.57. The van der Waals surface area contributed by atoms with E-state index in [-0.39, 0.29) is 22.6 Å². The molecule has 1 aromatic rings. The molecule has 0 unspecified atom stereocenters. The number of carbonyl (C=O) groups is 2. The van der Waals surface area contributed by atoms with Crippen molar-refractivity contribution in [2.75, 3.05) is 19.1 Å². The zero-order valence-electron chi connectivity index (χ0n) is 14.4. The van der Waals surface area contributed by atoms with Crippen LogP contribution in [0.3, 0.4) is 0 Å². The standard InChI is InChI=1S/C15H19NO2S.F6P/c1-11(2)14(17)9-10-16-15(18)12-5-7-13(8-6-12)19(3)4;1-7(2,3,4,5)6/h5-8H,1,9-10H2,2-4H3;/q;-1/p+1. The van der Waals surface area contributed by atoms with Gasteiger partial charge in [0.2, 0.25) is 0 Å². The van der Waals surface area contributed by atoms with E-state index < -0.39 is 7.81 Å². The normalized spacial score (nSPS) is 13.8. The van der Waals surface area contributed by atoms with Gasteiger partial charge in [-0.25, -0.2) is 0 Å². The number of carbonyl (C=O) groups excluding carboxylic acids is 2. The van der Waals surface area contributed by atoms with Crippen LogP contribution in [0.15, 0.2) is 41.3 Å². The number of Topliss-reactive ketones (excluding diaryl/α,β-unsaturated/α-hetero) is 1. The van der Waals surface area contributed by atoms with Crippen molar-refractivity contribution in [3.63, 3.8) is 0 Å². The first kappa shape index (κ1) is 24.5. The first-order valence-electron chi connectivity index (χ1n) is 7.08. The molecule has 11 heteroatoms. The number of hydrogen-bond acceptors (Lipinski definition) is 2. The van der Waals surface area contributed by atoms with Crippen LogP contribution in [0.1, 0.15) is 23.7 Å². The molecule has 0 aliphatic heterocycles. The van der Waals surface area contributed by atoms with E-state index in [0.717, 1.165) is 0 Å². The summed E-state index contributed by atoms with van der Waals surface area (Å²) < 4.78 is 59.2. The third-order valence-electron chi connectivity index (χ3n) is 2.70. The van der Waals surface area contributed by atoms with Crippen molar-refractivity contribution in [1.29, 1.82) is 0 Å². The summed E-state index contributed by atoms with van der Waals surface area (Å²) in [7, 11) is -10.5. The van der Waals surface area contributed by atoms with Crippen molar-refractivity contribution < 1.29 is 34.8 Å². The first-order chi connectivity index (χ1) is 11.4. The molecule has 0 radical (unpaired) electrons. The van der Waals surface area contributed by atoms with Gasteiger partial charge in [-0.05, 0) is 36.8 Å². The second-order valence-corrected chi connectivity index (χ2v) is 9.53. The molecule has 1 N–H and O–H groups in total. The molecule has 0 saturated heterocycles. The average molecular weight is 423 g/mol. The third-order valence-corrected chi connectivity index (χ3v) is 3.92. The third kappa shape index (κ3) is 14.8. The molecule has 1 aromatic carbocycles. The molecule has 0 spiro atoms. The van der Waals surface area contributed by atoms with E-state index in [1.807, 2.05) is 24.3 Å². The van der Waals surface area contributed by atoms with Crippen molar-refractivity contribution in [1.82, 2.24) is 5.32 Å². The maximum absolute atomic E-state index is 11.8. The second-order valence-electron chi connectivity index (χ2n) is 5.51. The van der Waals surface area contributed by atoms with Gasteiger partial charge in [0.25, 0.3) is 5.91 Å². The molecule has 0 heterocycles. The molecule has 150 valence electrons. The topological polar surface area (TPSA) is 46.2 Å². The van der Waals surface area contributed by atoms with Crippen LogP contribution >= 0.6 is 7.81 Å². The molecular formula is C15H20F6NO2PS. The van der Waals surface area contributed by atoms with Gasteiger partial charge in [-0.15, -0.1) is 0 Å². The Morgan fingerprint density at radius 3 is 1.81 bits per heavy atom. The maximum atomic E-state index is 11.8. The molecule has 0 aromatic heterocycles. The van der Waals surface area contributed by atoms with E-state index in [2.05, 4.69) is 24.4 Å². The van der Waals surface area contributed by atoms with E-state index in [1.54, 1.807) is 6.92 Å².